The molecule has 3 saturated heterocycles. The van der Waals surface area contributed by atoms with Gasteiger partial charge in [0.25, 0.3) is 0 Å². The van der Waals surface area contributed by atoms with Gasteiger partial charge in [-0.25, -0.2) is 4.79 Å². The van der Waals surface area contributed by atoms with Crippen LogP contribution in [-0.2, 0) is 23.1 Å². The zero-order chi connectivity index (χ0) is 23.0. The lowest BCUT2D eigenvalue weighted by atomic mass is 9.71. The maximum Gasteiger partial charge on any atom is 0.329 e. The summed E-state index contributed by atoms with van der Waals surface area (Å²) in [6, 6.07) is 5.34. The Kier molecular flexibility index (Phi) is 6.14. The van der Waals surface area contributed by atoms with E-state index in [-0.39, 0.29) is 23.9 Å². The highest BCUT2D eigenvalue weighted by Crippen LogP contribution is 2.39. The Morgan fingerprint density at radius 2 is 1.82 bits per heavy atom. The molecule has 8 nitrogen and oxygen atoms in total. The standard InChI is InChI=1S/C25H35N5O3/c1-28-22-18(5-3-15-29-16-11-25(12-17-29)9-13-26-14-10-25)4-2-6-19(22)30(24(28)33)20-7-8-21(31)27-23(20)32/h2,4,6,20,26H,3,5,7-17H2,1H3,(H,27,31,32). The van der Waals surface area contributed by atoms with Crippen LogP contribution >= 0.6 is 0 Å². The van der Waals surface area contributed by atoms with Gasteiger partial charge < -0.3 is 10.2 Å². The van der Waals surface area contributed by atoms with Crippen LogP contribution in [0.25, 0.3) is 11.0 Å². The van der Waals surface area contributed by atoms with Crippen LogP contribution in [0.2, 0.25) is 0 Å². The second kappa shape index (κ2) is 9.06. The summed E-state index contributed by atoms with van der Waals surface area (Å²) in [6.45, 7) is 5.79. The summed E-state index contributed by atoms with van der Waals surface area (Å²) < 4.78 is 3.24. The first kappa shape index (κ1) is 22.3. The lowest BCUT2D eigenvalue weighted by Crippen LogP contribution is -2.45. The molecule has 0 saturated carbocycles. The highest BCUT2D eigenvalue weighted by molar-refractivity contribution is 6.00. The molecule has 3 aliphatic rings. The number of para-hydroxylation sites is 1. The molecule has 2 amide bonds. The van der Waals surface area contributed by atoms with Gasteiger partial charge in [-0.1, -0.05) is 12.1 Å². The maximum absolute atomic E-state index is 13.1. The van der Waals surface area contributed by atoms with E-state index in [4.69, 9.17) is 0 Å². The molecule has 1 aromatic carbocycles. The van der Waals surface area contributed by atoms with Crippen molar-refractivity contribution in [2.45, 2.75) is 57.4 Å². The molecule has 0 aliphatic carbocycles. The van der Waals surface area contributed by atoms with Gasteiger partial charge in [-0.15, -0.1) is 0 Å². The molecule has 0 bridgehead atoms. The number of carbonyl (C=O) groups is 2. The molecule has 8 heteroatoms. The van der Waals surface area contributed by atoms with Crippen LogP contribution in [0.1, 0.15) is 56.6 Å². The fourth-order valence-electron chi connectivity index (χ4n) is 6.15. The molecule has 178 valence electrons. The predicted molar refractivity (Wildman–Crippen MR) is 127 cm³/mol. The third-order valence-corrected chi connectivity index (χ3v) is 8.21. The molecule has 4 heterocycles. The van der Waals surface area contributed by atoms with Gasteiger partial charge in [0.05, 0.1) is 11.0 Å². The number of nitrogens with one attached hydrogen (secondary N) is 2. The number of aromatic nitrogens is 2. The summed E-state index contributed by atoms with van der Waals surface area (Å²) in [7, 11) is 1.78. The van der Waals surface area contributed by atoms with Crippen molar-refractivity contribution in [3.8, 4) is 0 Å². The number of imide groups is 1. The molecule has 0 radical (unpaired) electrons. The maximum atomic E-state index is 13.1. The summed E-state index contributed by atoms with van der Waals surface area (Å²) >= 11 is 0. The van der Waals surface area contributed by atoms with Crippen molar-refractivity contribution in [1.82, 2.24) is 24.7 Å². The van der Waals surface area contributed by atoms with E-state index in [9.17, 15) is 14.4 Å². The quantitative estimate of drug-likeness (QED) is 0.673. The van der Waals surface area contributed by atoms with Gasteiger partial charge in [-0.3, -0.25) is 24.0 Å². The normalized spacial score (nSPS) is 23.8. The van der Waals surface area contributed by atoms with Crippen LogP contribution in [0.3, 0.4) is 0 Å². The monoisotopic (exact) mass is 453 g/mol. The van der Waals surface area contributed by atoms with Gasteiger partial charge in [0, 0.05) is 13.5 Å². The number of hydrogen-bond acceptors (Lipinski definition) is 5. The lowest BCUT2D eigenvalue weighted by molar-refractivity contribution is -0.135. The number of aryl methyl sites for hydroxylation is 2. The number of piperidine rings is 3. The van der Waals surface area contributed by atoms with Gasteiger partial charge in [0.15, 0.2) is 0 Å². The Bertz CT molecular complexity index is 1100. The topological polar surface area (TPSA) is 88.4 Å². The van der Waals surface area contributed by atoms with E-state index in [1.807, 2.05) is 12.1 Å². The third-order valence-electron chi connectivity index (χ3n) is 8.21. The minimum absolute atomic E-state index is 0.199. The van der Waals surface area contributed by atoms with Crippen LogP contribution in [0, 0.1) is 5.41 Å². The van der Waals surface area contributed by atoms with E-state index < -0.39 is 6.04 Å². The van der Waals surface area contributed by atoms with E-state index in [1.165, 1.54) is 51.9 Å². The van der Waals surface area contributed by atoms with E-state index in [0.717, 1.165) is 36.0 Å². The molecule has 1 atom stereocenters. The minimum Gasteiger partial charge on any atom is -0.317 e. The first-order valence-corrected chi connectivity index (χ1v) is 12.4. The van der Waals surface area contributed by atoms with Crippen molar-refractivity contribution >= 4 is 22.8 Å². The lowest BCUT2D eigenvalue weighted by Gasteiger charge is -2.44. The van der Waals surface area contributed by atoms with Crippen molar-refractivity contribution in [2.24, 2.45) is 12.5 Å². The van der Waals surface area contributed by atoms with E-state index in [2.05, 4.69) is 21.6 Å². The fraction of sp³-hybridized carbons (Fsp3) is 0.640. The van der Waals surface area contributed by atoms with Crippen LogP contribution < -0.4 is 16.3 Å². The van der Waals surface area contributed by atoms with Crippen molar-refractivity contribution in [1.29, 1.82) is 0 Å². The predicted octanol–water partition coefficient (Wildman–Crippen LogP) is 1.72. The number of amides is 2. The molecule has 3 aliphatic heterocycles. The molecular weight excluding hydrogens is 418 g/mol. The highest BCUT2D eigenvalue weighted by Gasteiger charge is 2.35. The van der Waals surface area contributed by atoms with Crippen molar-refractivity contribution in [3.63, 3.8) is 0 Å². The average Bonchev–Trinajstić information content (AvgIpc) is 3.07. The Morgan fingerprint density at radius 3 is 2.55 bits per heavy atom. The average molecular weight is 454 g/mol. The van der Waals surface area contributed by atoms with E-state index in [1.54, 1.807) is 16.2 Å². The molecule has 33 heavy (non-hydrogen) atoms. The molecular formula is C25H35N5O3. The van der Waals surface area contributed by atoms with Crippen LogP contribution in [0.15, 0.2) is 23.0 Å². The molecule has 2 N–H and O–H groups in total. The summed E-state index contributed by atoms with van der Waals surface area (Å²) in [6.07, 6.45) is 7.83. The smallest absolute Gasteiger partial charge is 0.317 e. The van der Waals surface area contributed by atoms with Crippen molar-refractivity contribution in [2.75, 3.05) is 32.7 Å². The van der Waals surface area contributed by atoms with Crippen molar-refractivity contribution < 1.29 is 9.59 Å². The molecule has 1 spiro atoms. The number of likely N-dealkylation sites (tertiary alicyclic amines) is 1. The van der Waals surface area contributed by atoms with E-state index >= 15 is 0 Å². The molecule has 1 unspecified atom stereocenters. The molecule has 1 aromatic heterocycles. The number of imidazole rings is 1. The zero-order valence-electron chi connectivity index (χ0n) is 19.6. The van der Waals surface area contributed by atoms with Crippen LogP contribution in [0.4, 0.5) is 0 Å². The number of benzene rings is 1. The molecule has 3 fully saturated rings. The summed E-state index contributed by atoms with van der Waals surface area (Å²) in [5.41, 5.74) is 3.20. The Balaban J connectivity index is 1.27. The zero-order valence-corrected chi connectivity index (χ0v) is 19.6. The number of carbonyl (C=O) groups excluding carboxylic acids is 2. The van der Waals surface area contributed by atoms with Crippen LogP contribution in [-0.4, -0.2) is 58.6 Å². The van der Waals surface area contributed by atoms with Gasteiger partial charge in [-0.05, 0) is 94.7 Å². The number of nitrogens with zero attached hydrogens (tertiary/aromatic N) is 3. The van der Waals surface area contributed by atoms with Crippen LogP contribution in [0.5, 0.6) is 0 Å². The summed E-state index contributed by atoms with van der Waals surface area (Å²) in [5, 5.41) is 5.87. The first-order chi connectivity index (χ1) is 16.0. The second-order valence-corrected chi connectivity index (χ2v) is 10.2. The number of rotatable bonds is 5. The second-order valence-electron chi connectivity index (χ2n) is 10.2. The number of hydrogen-bond donors (Lipinski definition) is 2. The largest absolute Gasteiger partial charge is 0.329 e. The third kappa shape index (κ3) is 4.26. The summed E-state index contributed by atoms with van der Waals surface area (Å²) in [5.74, 6) is -0.656. The SMILES string of the molecule is Cn1c(=O)n(C2CCC(=O)NC2=O)c2cccc(CCCN3CCC4(CCNCC4)CC3)c21. The summed E-state index contributed by atoms with van der Waals surface area (Å²) in [4.78, 5) is 39.7. The molecule has 2 aromatic rings. The van der Waals surface area contributed by atoms with Gasteiger partial charge >= 0.3 is 5.69 Å². The van der Waals surface area contributed by atoms with E-state index in [0.29, 0.717) is 11.8 Å². The van der Waals surface area contributed by atoms with Gasteiger partial charge in [0.1, 0.15) is 6.04 Å². The Labute approximate surface area is 194 Å². The Hall–Kier alpha value is -2.45. The molecule has 5 rings (SSSR count). The van der Waals surface area contributed by atoms with Gasteiger partial charge in [0.2, 0.25) is 11.8 Å². The number of fused-ring (bicyclic) bond motifs is 1. The van der Waals surface area contributed by atoms with Gasteiger partial charge in [-0.2, -0.15) is 0 Å². The minimum atomic E-state index is -0.634. The Morgan fingerprint density at radius 1 is 1.06 bits per heavy atom. The fourth-order valence-corrected chi connectivity index (χ4v) is 6.15. The highest BCUT2D eigenvalue weighted by atomic mass is 16.2. The first-order valence-electron chi connectivity index (χ1n) is 12.4. The van der Waals surface area contributed by atoms with Crippen molar-refractivity contribution in [3.05, 3.63) is 34.2 Å².